The quantitative estimate of drug-likeness (QED) is 0.624. The summed E-state index contributed by atoms with van der Waals surface area (Å²) < 4.78 is 1.86. The Morgan fingerprint density at radius 1 is 1.03 bits per heavy atom. The molecule has 7 nitrogen and oxygen atoms in total. The molecule has 4 rings (SSSR count). The molecule has 1 aliphatic rings. The average molecular weight is 432 g/mol. The SMILES string of the molecule is Cc1cccc(CN2CCN(C(=O)c3cccc(NC(=O)CCn4ccnc4)c3)CC2)c1. The summed E-state index contributed by atoms with van der Waals surface area (Å²) in [5, 5.41) is 2.89. The smallest absolute Gasteiger partial charge is 0.254 e. The first-order chi connectivity index (χ1) is 15.6. The molecule has 0 spiro atoms. The molecule has 2 amide bonds. The van der Waals surface area contributed by atoms with Crippen molar-refractivity contribution in [3.63, 3.8) is 0 Å². The number of nitrogens with one attached hydrogen (secondary N) is 1. The maximum atomic E-state index is 13.0. The van der Waals surface area contributed by atoms with Gasteiger partial charge in [0.1, 0.15) is 0 Å². The van der Waals surface area contributed by atoms with Crippen LogP contribution in [0.25, 0.3) is 0 Å². The van der Waals surface area contributed by atoms with Gasteiger partial charge in [0.05, 0.1) is 6.33 Å². The minimum atomic E-state index is -0.0898. The number of carbonyl (C=O) groups is 2. The molecule has 1 aromatic heterocycles. The number of nitrogens with zero attached hydrogens (tertiary/aromatic N) is 4. The van der Waals surface area contributed by atoms with Crippen LogP contribution in [0, 0.1) is 6.92 Å². The standard InChI is InChI=1S/C25H29N5O2/c1-20-4-2-5-21(16-20)18-28-12-14-30(15-13-28)25(32)22-6-3-7-23(17-22)27-24(31)8-10-29-11-9-26-19-29/h2-7,9,11,16-17,19H,8,10,12-15,18H2,1H3,(H,27,31). The summed E-state index contributed by atoms with van der Waals surface area (Å²) in [5.74, 6) is -0.0808. The van der Waals surface area contributed by atoms with E-state index in [0.29, 0.717) is 37.3 Å². The number of hydrogen-bond donors (Lipinski definition) is 1. The van der Waals surface area contributed by atoms with Gasteiger partial charge >= 0.3 is 0 Å². The van der Waals surface area contributed by atoms with Crippen LogP contribution < -0.4 is 5.32 Å². The molecule has 1 saturated heterocycles. The highest BCUT2D eigenvalue weighted by molar-refractivity contribution is 5.97. The number of carbonyl (C=O) groups excluding carboxylic acids is 2. The summed E-state index contributed by atoms with van der Waals surface area (Å²) in [6.07, 6.45) is 5.55. The second kappa shape index (κ2) is 10.2. The van der Waals surface area contributed by atoms with Crippen molar-refractivity contribution < 1.29 is 9.59 Å². The minimum Gasteiger partial charge on any atom is -0.337 e. The Bertz CT molecular complexity index is 1060. The van der Waals surface area contributed by atoms with E-state index < -0.39 is 0 Å². The van der Waals surface area contributed by atoms with Gasteiger partial charge in [-0.2, -0.15) is 0 Å². The first kappa shape index (κ1) is 21.8. The van der Waals surface area contributed by atoms with Gasteiger partial charge in [-0.05, 0) is 30.7 Å². The lowest BCUT2D eigenvalue weighted by atomic mass is 10.1. The van der Waals surface area contributed by atoms with E-state index in [2.05, 4.69) is 46.4 Å². The van der Waals surface area contributed by atoms with Crippen LogP contribution in [0.1, 0.15) is 27.9 Å². The maximum Gasteiger partial charge on any atom is 0.254 e. The van der Waals surface area contributed by atoms with Crippen molar-refractivity contribution in [2.75, 3.05) is 31.5 Å². The predicted octanol–water partition coefficient (Wildman–Crippen LogP) is 3.18. The fraction of sp³-hybridized carbons (Fsp3) is 0.320. The fourth-order valence-electron chi connectivity index (χ4n) is 3.96. The van der Waals surface area contributed by atoms with Crippen molar-refractivity contribution >= 4 is 17.5 Å². The second-order valence-electron chi connectivity index (χ2n) is 8.24. The van der Waals surface area contributed by atoms with Crippen LogP contribution in [0.5, 0.6) is 0 Å². The molecule has 0 bridgehead atoms. The molecule has 0 saturated carbocycles. The van der Waals surface area contributed by atoms with E-state index in [1.54, 1.807) is 18.6 Å². The number of aryl methyl sites for hydroxylation is 2. The van der Waals surface area contributed by atoms with Crippen molar-refractivity contribution in [2.45, 2.75) is 26.4 Å². The molecule has 0 atom stereocenters. The zero-order chi connectivity index (χ0) is 22.3. The minimum absolute atomic E-state index is 0.00900. The molecule has 2 heterocycles. The van der Waals surface area contributed by atoms with Gasteiger partial charge in [-0.1, -0.05) is 35.9 Å². The zero-order valence-corrected chi connectivity index (χ0v) is 18.4. The van der Waals surface area contributed by atoms with Crippen LogP contribution in [0.4, 0.5) is 5.69 Å². The number of piperazine rings is 1. The topological polar surface area (TPSA) is 70.5 Å². The van der Waals surface area contributed by atoms with Gasteiger partial charge in [-0.3, -0.25) is 14.5 Å². The molecule has 1 fully saturated rings. The molecule has 0 unspecified atom stereocenters. The Kier molecular flexibility index (Phi) is 6.97. The third-order valence-corrected chi connectivity index (χ3v) is 5.70. The van der Waals surface area contributed by atoms with Crippen molar-refractivity contribution in [3.05, 3.63) is 83.9 Å². The highest BCUT2D eigenvalue weighted by Gasteiger charge is 2.22. The fourth-order valence-corrected chi connectivity index (χ4v) is 3.96. The van der Waals surface area contributed by atoms with Crippen LogP contribution in [-0.4, -0.2) is 57.3 Å². The Morgan fingerprint density at radius 3 is 2.59 bits per heavy atom. The summed E-state index contributed by atoms with van der Waals surface area (Å²) in [7, 11) is 0. The van der Waals surface area contributed by atoms with E-state index in [-0.39, 0.29) is 11.8 Å². The first-order valence-corrected chi connectivity index (χ1v) is 11.0. The molecule has 32 heavy (non-hydrogen) atoms. The molecular weight excluding hydrogens is 402 g/mol. The van der Waals surface area contributed by atoms with E-state index in [0.717, 1.165) is 19.6 Å². The van der Waals surface area contributed by atoms with Crippen molar-refractivity contribution in [3.8, 4) is 0 Å². The zero-order valence-electron chi connectivity index (χ0n) is 18.4. The number of imidazole rings is 1. The van der Waals surface area contributed by atoms with Crippen molar-refractivity contribution in [2.24, 2.45) is 0 Å². The maximum absolute atomic E-state index is 13.0. The van der Waals surface area contributed by atoms with Gasteiger partial charge in [0.15, 0.2) is 0 Å². The normalized spacial score (nSPS) is 14.3. The number of aromatic nitrogens is 2. The van der Waals surface area contributed by atoms with Crippen LogP contribution in [0.2, 0.25) is 0 Å². The van der Waals surface area contributed by atoms with Gasteiger partial charge < -0.3 is 14.8 Å². The molecular formula is C25H29N5O2. The molecule has 2 aromatic carbocycles. The van der Waals surface area contributed by atoms with Gasteiger partial charge in [0, 0.05) is 69.3 Å². The largest absolute Gasteiger partial charge is 0.337 e. The van der Waals surface area contributed by atoms with E-state index in [4.69, 9.17) is 0 Å². The highest BCUT2D eigenvalue weighted by atomic mass is 16.2. The lowest BCUT2D eigenvalue weighted by molar-refractivity contribution is -0.116. The second-order valence-corrected chi connectivity index (χ2v) is 8.24. The molecule has 1 aliphatic heterocycles. The van der Waals surface area contributed by atoms with Crippen LogP contribution >= 0.6 is 0 Å². The molecule has 0 radical (unpaired) electrons. The summed E-state index contributed by atoms with van der Waals surface area (Å²) in [6.45, 7) is 6.69. The van der Waals surface area contributed by atoms with Gasteiger partial charge in [0.2, 0.25) is 5.91 Å². The lowest BCUT2D eigenvalue weighted by Gasteiger charge is -2.35. The van der Waals surface area contributed by atoms with Gasteiger partial charge in [-0.25, -0.2) is 4.98 Å². The third kappa shape index (κ3) is 5.82. The number of anilines is 1. The first-order valence-electron chi connectivity index (χ1n) is 11.0. The summed E-state index contributed by atoms with van der Waals surface area (Å²) in [5.41, 5.74) is 3.82. The van der Waals surface area contributed by atoms with E-state index in [9.17, 15) is 9.59 Å². The number of benzene rings is 2. The van der Waals surface area contributed by atoms with E-state index >= 15 is 0 Å². The van der Waals surface area contributed by atoms with Gasteiger partial charge in [-0.15, -0.1) is 0 Å². The Labute approximate surface area is 188 Å². The lowest BCUT2D eigenvalue weighted by Crippen LogP contribution is -2.48. The van der Waals surface area contributed by atoms with Crippen LogP contribution in [0.15, 0.2) is 67.3 Å². The molecule has 1 N–H and O–H groups in total. The molecule has 7 heteroatoms. The summed E-state index contributed by atoms with van der Waals surface area (Å²) in [4.78, 5) is 33.5. The van der Waals surface area contributed by atoms with Crippen LogP contribution in [0.3, 0.4) is 0 Å². The molecule has 166 valence electrons. The van der Waals surface area contributed by atoms with Gasteiger partial charge in [0.25, 0.3) is 5.91 Å². The predicted molar refractivity (Wildman–Crippen MR) is 124 cm³/mol. The molecule has 0 aliphatic carbocycles. The summed E-state index contributed by atoms with van der Waals surface area (Å²) in [6, 6.07) is 15.8. The van der Waals surface area contributed by atoms with E-state index in [1.165, 1.54) is 11.1 Å². The van der Waals surface area contributed by atoms with E-state index in [1.807, 2.05) is 33.9 Å². The number of hydrogen-bond acceptors (Lipinski definition) is 4. The summed E-state index contributed by atoms with van der Waals surface area (Å²) >= 11 is 0. The van der Waals surface area contributed by atoms with Crippen LogP contribution in [-0.2, 0) is 17.9 Å². The van der Waals surface area contributed by atoms with Crippen molar-refractivity contribution in [1.82, 2.24) is 19.4 Å². The highest BCUT2D eigenvalue weighted by Crippen LogP contribution is 2.16. The molecule has 3 aromatic rings. The Morgan fingerprint density at radius 2 is 1.84 bits per heavy atom. The van der Waals surface area contributed by atoms with Crippen molar-refractivity contribution in [1.29, 1.82) is 0 Å². The Hall–Kier alpha value is -3.45. The monoisotopic (exact) mass is 431 g/mol. The Balaban J connectivity index is 1.28. The number of rotatable bonds is 7. The number of amides is 2. The third-order valence-electron chi connectivity index (χ3n) is 5.70. The average Bonchev–Trinajstić information content (AvgIpc) is 3.32.